The molecule has 4 N–H and O–H groups in total. The number of halogens is 2. The third-order valence-electron chi connectivity index (χ3n) is 8.22. The molecule has 2 fully saturated rings. The Bertz CT molecular complexity index is 1440. The van der Waals surface area contributed by atoms with Crippen LogP contribution in [0.1, 0.15) is 62.5 Å². The molecule has 2 aliphatic rings. The third kappa shape index (κ3) is 4.26. The number of nitrogens with two attached hydrogens (primary N) is 1. The molecule has 4 aromatic rings. The summed E-state index contributed by atoms with van der Waals surface area (Å²) in [5.74, 6) is -0.428. The van der Waals surface area contributed by atoms with Gasteiger partial charge in [0.15, 0.2) is 0 Å². The molecule has 0 amide bonds. The zero-order chi connectivity index (χ0) is 25.9. The van der Waals surface area contributed by atoms with E-state index in [0.717, 1.165) is 30.5 Å². The summed E-state index contributed by atoms with van der Waals surface area (Å²) in [6, 6.07) is 7.78. The standard InChI is InChI=1S/C28H30F2N6O/c1-15-9-18(12-25(31)28(15,2)37)20-7-8-32-14-24(20)34-27-33-13-19-5-6-23(35-36(19)27)26-21(29)10-17(11-22(26)30)16-3-4-16/h5-8,10-11,13-16,18,25,37H,3-4,9,12,31H2,1-2H3,(H,33,34)/t15-,18+,25+,28+/m0/s1. The Kier molecular flexibility index (Phi) is 5.72. The molecule has 4 atom stereocenters. The van der Waals surface area contributed by atoms with E-state index in [4.69, 9.17) is 5.73 Å². The molecule has 3 aromatic heterocycles. The van der Waals surface area contributed by atoms with Crippen LogP contribution in [0.15, 0.2) is 48.9 Å². The monoisotopic (exact) mass is 504 g/mol. The van der Waals surface area contributed by atoms with Gasteiger partial charge in [-0.15, -0.1) is 0 Å². The number of pyridine rings is 1. The fraction of sp³-hybridized carbons (Fsp3) is 0.393. The Morgan fingerprint density at radius 3 is 2.54 bits per heavy atom. The van der Waals surface area contributed by atoms with Gasteiger partial charge in [0, 0.05) is 12.2 Å². The highest BCUT2D eigenvalue weighted by molar-refractivity contribution is 5.66. The van der Waals surface area contributed by atoms with E-state index in [-0.39, 0.29) is 35.1 Å². The molecule has 9 heteroatoms. The molecule has 0 bridgehead atoms. The molecule has 37 heavy (non-hydrogen) atoms. The van der Waals surface area contributed by atoms with E-state index < -0.39 is 17.2 Å². The van der Waals surface area contributed by atoms with Crippen molar-refractivity contribution in [2.45, 2.75) is 63.0 Å². The second kappa shape index (κ2) is 8.85. The summed E-state index contributed by atoms with van der Waals surface area (Å²) in [6.45, 7) is 3.82. The molecule has 1 aromatic carbocycles. The van der Waals surface area contributed by atoms with Crippen LogP contribution in [0.4, 0.5) is 20.4 Å². The zero-order valence-corrected chi connectivity index (χ0v) is 20.8. The van der Waals surface area contributed by atoms with Gasteiger partial charge >= 0.3 is 0 Å². The van der Waals surface area contributed by atoms with Crippen LogP contribution in [0.3, 0.4) is 0 Å². The van der Waals surface area contributed by atoms with Crippen LogP contribution in [-0.2, 0) is 0 Å². The first-order chi connectivity index (χ1) is 17.7. The van der Waals surface area contributed by atoms with Crippen LogP contribution >= 0.6 is 0 Å². The maximum Gasteiger partial charge on any atom is 0.229 e. The number of aromatic nitrogens is 4. The molecule has 7 nitrogen and oxygen atoms in total. The van der Waals surface area contributed by atoms with Gasteiger partial charge < -0.3 is 16.2 Å². The quantitative estimate of drug-likeness (QED) is 0.342. The van der Waals surface area contributed by atoms with Crippen LogP contribution in [0.2, 0.25) is 0 Å². The molecule has 0 radical (unpaired) electrons. The Labute approximate surface area is 213 Å². The number of hydrogen-bond donors (Lipinski definition) is 3. The lowest BCUT2D eigenvalue weighted by Gasteiger charge is -2.44. The summed E-state index contributed by atoms with van der Waals surface area (Å²) in [6.07, 6.45) is 8.45. The minimum absolute atomic E-state index is 0.0230. The summed E-state index contributed by atoms with van der Waals surface area (Å²) in [5.41, 5.74) is 8.61. The summed E-state index contributed by atoms with van der Waals surface area (Å²) < 4.78 is 31.5. The lowest BCUT2D eigenvalue weighted by Crippen LogP contribution is -2.54. The SMILES string of the molecule is C[C@H]1C[C@@H](c2ccncc2Nc2ncc3ccc(-c4c(F)cc(C5CC5)cc4F)nn23)C[C@@H](N)[C@]1(C)O. The van der Waals surface area contributed by atoms with Gasteiger partial charge in [-0.1, -0.05) is 6.92 Å². The fourth-order valence-electron chi connectivity index (χ4n) is 5.50. The van der Waals surface area contributed by atoms with Crippen molar-refractivity contribution in [3.8, 4) is 11.3 Å². The summed E-state index contributed by atoms with van der Waals surface area (Å²) >= 11 is 0. The van der Waals surface area contributed by atoms with E-state index >= 15 is 0 Å². The van der Waals surface area contributed by atoms with Crippen molar-refractivity contribution >= 4 is 17.2 Å². The van der Waals surface area contributed by atoms with Gasteiger partial charge in [0.2, 0.25) is 5.95 Å². The van der Waals surface area contributed by atoms with Crippen LogP contribution in [0.25, 0.3) is 16.8 Å². The minimum atomic E-state index is -0.919. The molecular formula is C28H30F2N6O. The predicted octanol–water partition coefficient (Wildman–Crippen LogP) is 5.28. The predicted molar refractivity (Wildman–Crippen MR) is 138 cm³/mol. The topological polar surface area (TPSA) is 101 Å². The normalized spacial score (nSPS) is 25.9. The number of imidazole rings is 1. The van der Waals surface area contributed by atoms with Crippen LogP contribution < -0.4 is 11.1 Å². The maximum atomic E-state index is 15.0. The van der Waals surface area contributed by atoms with Crippen molar-refractivity contribution < 1.29 is 13.9 Å². The summed E-state index contributed by atoms with van der Waals surface area (Å²) in [7, 11) is 0. The van der Waals surface area contributed by atoms with E-state index in [1.807, 2.05) is 13.0 Å². The second-order valence-electron chi connectivity index (χ2n) is 10.8. The minimum Gasteiger partial charge on any atom is -0.388 e. The van der Waals surface area contributed by atoms with E-state index in [1.54, 1.807) is 42.2 Å². The number of benzene rings is 1. The Morgan fingerprint density at radius 2 is 1.84 bits per heavy atom. The highest BCUT2D eigenvalue weighted by atomic mass is 19.1. The van der Waals surface area contributed by atoms with Gasteiger partial charge in [0.05, 0.1) is 40.5 Å². The fourth-order valence-corrected chi connectivity index (χ4v) is 5.50. The molecule has 0 aliphatic heterocycles. The van der Waals surface area contributed by atoms with Crippen LogP contribution in [0.5, 0.6) is 0 Å². The first-order valence-electron chi connectivity index (χ1n) is 12.8. The second-order valence-corrected chi connectivity index (χ2v) is 10.8. The Hall–Kier alpha value is -3.43. The number of aliphatic hydroxyl groups is 1. The van der Waals surface area contributed by atoms with E-state index in [2.05, 4.69) is 20.4 Å². The number of rotatable bonds is 5. The van der Waals surface area contributed by atoms with Gasteiger partial charge in [0.25, 0.3) is 0 Å². The lowest BCUT2D eigenvalue weighted by atomic mass is 9.68. The van der Waals surface area contributed by atoms with Crippen molar-refractivity contribution in [3.63, 3.8) is 0 Å². The van der Waals surface area contributed by atoms with Crippen molar-refractivity contribution in [2.24, 2.45) is 11.7 Å². The number of nitrogens with one attached hydrogen (secondary N) is 1. The highest BCUT2D eigenvalue weighted by Crippen LogP contribution is 2.44. The van der Waals surface area contributed by atoms with Gasteiger partial charge in [-0.25, -0.2) is 13.8 Å². The van der Waals surface area contributed by atoms with Gasteiger partial charge in [-0.2, -0.15) is 9.61 Å². The molecule has 0 saturated heterocycles. The first kappa shape index (κ1) is 23.9. The molecule has 192 valence electrons. The van der Waals surface area contributed by atoms with Crippen molar-refractivity contribution in [3.05, 3.63) is 71.7 Å². The molecule has 2 saturated carbocycles. The summed E-state index contributed by atoms with van der Waals surface area (Å²) in [4.78, 5) is 8.75. The molecule has 2 aliphatic carbocycles. The first-order valence-corrected chi connectivity index (χ1v) is 12.8. The average molecular weight is 505 g/mol. The van der Waals surface area contributed by atoms with Gasteiger partial charge in [0.1, 0.15) is 11.6 Å². The molecular weight excluding hydrogens is 474 g/mol. The van der Waals surface area contributed by atoms with E-state index in [0.29, 0.717) is 23.4 Å². The van der Waals surface area contributed by atoms with Gasteiger partial charge in [-0.05, 0) is 91.8 Å². The third-order valence-corrected chi connectivity index (χ3v) is 8.22. The number of nitrogens with zero attached hydrogens (tertiary/aromatic N) is 4. The number of fused-ring (bicyclic) bond motifs is 1. The van der Waals surface area contributed by atoms with Crippen LogP contribution in [0, 0.1) is 17.6 Å². The lowest BCUT2D eigenvalue weighted by molar-refractivity contribution is -0.0463. The van der Waals surface area contributed by atoms with E-state index in [1.165, 1.54) is 12.1 Å². The van der Waals surface area contributed by atoms with Crippen molar-refractivity contribution in [1.29, 1.82) is 0 Å². The molecule has 6 rings (SSSR count). The van der Waals surface area contributed by atoms with Gasteiger partial charge in [-0.3, -0.25) is 4.98 Å². The van der Waals surface area contributed by atoms with Crippen molar-refractivity contribution in [1.82, 2.24) is 19.6 Å². The summed E-state index contributed by atoms with van der Waals surface area (Å²) in [5, 5.41) is 18.6. The van der Waals surface area contributed by atoms with E-state index in [9.17, 15) is 13.9 Å². The zero-order valence-electron chi connectivity index (χ0n) is 20.8. The highest BCUT2D eigenvalue weighted by Gasteiger charge is 2.42. The number of anilines is 2. The number of hydrogen-bond acceptors (Lipinski definition) is 6. The average Bonchev–Trinajstić information content (AvgIpc) is 3.64. The smallest absolute Gasteiger partial charge is 0.229 e. The Morgan fingerprint density at radius 1 is 1.08 bits per heavy atom. The van der Waals surface area contributed by atoms with Crippen LogP contribution in [-0.4, -0.2) is 36.3 Å². The largest absolute Gasteiger partial charge is 0.388 e. The molecule has 0 spiro atoms. The molecule has 0 unspecified atom stereocenters. The molecule has 3 heterocycles. The maximum absolute atomic E-state index is 15.0. The Balaban J connectivity index is 1.34. The van der Waals surface area contributed by atoms with Crippen molar-refractivity contribution in [2.75, 3.05) is 5.32 Å².